The molecule has 1 aromatic rings. The number of nitrogens with two attached hydrogens (primary N) is 1. The van der Waals surface area contributed by atoms with Gasteiger partial charge in [0.05, 0.1) is 6.61 Å². The van der Waals surface area contributed by atoms with Crippen LogP contribution in [0.4, 0.5) is 5.82 Å². The minimum Gasteiger partial charge on any atom is -0.383 e. The number of nitrogens with zero attached hydrogens (tertiary/aromatic N) is 2. The molecule has 1 radical (unpaired) electrons. The van der Waals surface area contributed by atoms with Crippen molar-refractivity contribution < 1.29 is 42.5 Å². The zero-order valence-electron chi connectivity index (χ0n) is 12.9. The Balaban J connectivity index is 0.00000312. The number of aromatic nitrogens is 2. The molecule has 0 bridgehead atoms. The summed E-state index contributed by atoms with van der Waals surface area (Å²) in [6, 6.07) is 1.31. The Hall–Kier alpha value is -0.140. The van der Waals surface area contributed by atoms with Crippen molar-refractivity contribution in [2.24, 2.45) is 0 Å². The molecule has 13 nitrogen and oxygen atoms in total. The smallest absolute Gasteiger partial charge is 0.383 e. The van der Waals surface area contributed by atoms with Gasteiger partial charge in [-0.25, -0.2) is 13.9 Å². The third kappa shape index (κ3) is 7.18. The number of phosphoric acid groups is 2. The molecular weight excluding hydrogens is 395 g/mol. The van der Waals surface area contributed by atoms with Crippen LogP contribution in [0.2, 0.25) is 0 Å². The quantitative estimate of drug-likeness (QED) is 0.263. The van der Waals surface area contributed by atoms with Gasteiger partial charge < -0.3 is 30.0 Å². The van der Waals surface area contributed by atoms with Crippen molar-refractivity contribution >= 4 is 51.0 Å². The molecule has 1 aromatic heterocycles. The Morgan fingerprint density at radius 3 is 2.48 bits per heavy atom. The molecule has 25 heavy (non-hydrogen) atoms. The molecule has 0 aliphatic carbocycles. The fourth-order valence-electron chi connectivity index (χ4n) is 2.12. The first kappa shape index (κ1) is 22.9. The first-order valence-corrected chi connectivity index (χ1v) is 9.45. The van der Waals surface area contributed by atoms with Gasteiger partial charge in [-0.15, -0.1) is 0 Å². The van der Waals surface area contributed by atoms with E-state index in [1.165, 1.54) is 12.3 Å². The van der Waals surface area contributed by atoms with E-state index in [0.717, 1.165) is 4.57 Å². The number of hydrogen-bond acceptors (Lipinski definition) is 8. The molecule has 1 aliphatic heterocycles. The molecule has 1 fully saturated rings. The van der Waals surface area contributed by atoms with Crippen molar-refractivity contribution in [1.29, 1.82) is 0 Å². The summed E-state index contributed by atoms with van der Waals surface area (Å²) in [5.41, 5.74) is 4.59. The summed E-state index contributed by atoms with van der Waals surface area (Å²) in [7, 11) is -9.74. The predicted molar refractivity (Wildman–Crippen MR) is 82.1 cm³/mol. The zero-order chi connectivity index (χ0) is 18.1. The summed E-state index contributed by atoms with van der Waals surface area (Å²) >= 11 is 0. The average Bonchev–Trinajstić information content (AvgIpc) is 2.76. The first-order chi connectivity index (χ1) is 10.9. The fourth-order valence-corrected chi connectivity index (χ4v) is 3.04. The predicted octanol–water partition coefficient (Wildman–Crippen LogP) is -1.68. The number of phosphoric ester groups is 2. The van der Waals surface area contributed by atoms with Crippen molar-refractivity contribution in [2.75, 3.05) is 12.3 Å². The molecule has 137 valence electrons. The van der Waals surface area contributed by atoms with Crippen molar-refractivity contribution in [1.82, 2.24) is 9.55 Å². The Morgan fingerprint density at radius 1 is 1.32 bits per heavy atom. The maximum absolute atomic E-state index is 11.8. The summed E-state index contributed by atoms with van der Waals surface area (Å²) in [4.78, 5) is 50.5. The van der Waals surface area contributed by atoms with Crippen LogP contribution < -0.4 is 11.4 Å². The number of hydrogen-bond donors (Lipinski definition) is 5. The minimum absolute atomic E-state index is 0. The van der Waals surface area contributed by atoms with Gasteiger partial charge in [0.1, 0.15) is 24.3 Å². The summed E-state index contributed by atoms with van der Waals surface area (Å²) in [5, 5.41) is 0. The average molecular weight is 410 g/mol. The van der Waals surface area contributed by atoms with E-state index < -0.39 is 46.4 Å². The maximum Gasteiger partial charge on any atom is 0.469 e. The summed E-state index contributed by atoms with van der Waals surface area (Å²) in [6.45, 7) is -0.706. The van der Waals surface area contributed by atoms with Crippen LogP contribution in [0.5, 0.6) is 0 Å². The van der Waals surface area contributed by atoms with E-state index >= 15 is 0 Å². The number of rotatable bonds is 6. The third-order valence-corrected chi connectivity index (χ3v) is 4.05. The molecular formula is C9H15N3NaO10P2. The van der Waals surface area contributed by atoms with E-state index in [9.17, 15) is 13.9 Å². The van der Waals surface area contributed by atoms with Crippen molar-refractivity contribution in [3.63, 3.8) is 0 Å². The molecule has 16 heteroatoms. The van der Waals surface area contributed by atoms with Crippen molar-refractivity contribution in [2.45, 2.75) is 24.9 Å². The monoisotopic (exact) mass is 410 g/mol. The molecule has 0 spiro atoms. The minimum atomic E-state index is -4.91. The second kappa shape index (κ2) is 8.70. The SMILES string of the molecule is Nc1ccn([C@H]2C[C@H](OP(=O)(O)O)[C@@H](COP(=O)(O)O)O2)c(=O)n1.[Na]. The number of ether oxygens (including phenoxy) is 1. The van der Waals surface area contributed by atoms with Gasteiger partial charge in [0.25, 0.3) is 0 Å². The Bertz CT molecular complexity index is 747. The summed E-state index contributed by atoms with van der Waals surface area (Å²) < 4.78 is 37.0. The maximum atomic E-state index is 11.8. The van der Waals surface area contributed by atoms with Crippen LogP contribution in [0.3, 0.4) is 0 Å². The van der Waals surface area contributed by atoms with E-state index in [2.05, 4.69) is 14.0 Å². The van der Waals surface area contributed by atoms with E-state index in [0.29, 0.717) is 0 Å². The Morgan fingerprint density at radius 2 is 1.96 bits per heavy atom. The first-order valence-electron chi connectivity index (χ1n) is 6.39. The van der Waals surface area contributed by atoms with Gasteiger partial charge in [0.2, 0.25) is 0 Å². The molecule has 0 amide bonds. The van der Waals surface area contributed by atoms with Crippen LogP contribution in [-0.4, -0.2) is 77.5 Å². The van der Waals surface area contributed by atoms with Gasteiger partial charge in [0.15, 0.2) is 0 Å². The molecule has 6 N–H and O–H groups in total. The standard InChI is InChI=1S/C9H15N3O10P2.Na/c10-7-1-2-12(9(13)11-7)8-3-5(22-24(17,18)19)6(21-8)4-20-23(14,15)16;/h1-2,5-6,8H,3-4H2,(H2,10,11,13)(H2,14,15,16)(H2,17,18,19);/t5-,6+,8+;/m0./s1. The van der Waals surface area contributed by atoms with Crippen LogP contribution in [0.1, 0.15) is 12.6 Å². The van der Waals surface area contributed by atoms with E-state index in [1.807, 2.05) is 0 Å². The largest absolute Gasteiger partial charge is 0.469 e. The summed E-state index contributed by atoms with van der Waals surface area (Å²) in [6.07, 6.45) is -2.47. The Kier molecular flexibility index (Phi) is 7.97. The molecule has 2 heterocycles. The summed E-state index contributed by atoms with van der Waals surface area (Å²) in [5.74, 6) is -0.0290. The fraction of sp³-hybridized carbons (Fsp3) is 0.556. The van der Waals surface area contributed by atoms with Gasteiger partial charge in [-0.3, -0.25) is 13.6 Å². The van der Waals surface area contributed by atoms with Crippen molar-refractivity contribution in [3.05, 3.63) is 22.7 Å². The zero-order valence-corrected chi connectivity index (χ0v) is 16.7. The van der Waals surface area contributed by atoms with Gasteiger partial charge >= 0.3 is 21.3 Å². The second-order valence-electron chi connectivity index (χ2n) is 4.83. The topological polar surface area (TPSA) is 204 Å². The molecule has 2 rings (SSSR count). The van der Waals surface area contributed by atoms with Crippen LogP contribution in [0, 0.1) is 0 Å². The van der Waals surface area contributed by atoms with Gasteiger partial charge in [0, 0.05) is 42.2 Å². The van der Waals surface area contributed by atoms with E-state index in [1.54, 1.807) is 0 Å². The Labute approximate surface area is 162 Å². The molecule has 1 saturated heterocycles. The van der Waals surface area contributed by atoms with Gasteiger partial charge in [-0.1, -0.05) is 0 Å². The molecule has 0 unspecified atom stereocenters. The van der Waals surface area contributed by atoms with E-state index in [4.69, 9.17) is 30.0 Å². The third-order valence-electron chi connectivity index (χ3n) is 3.02. The molecule has 1 aliphatic rings. The van der Waals surface area contributed by atoms with Gasteiger partial charge in [-0.05, 0) is 6.07 Å². The van der Waals surface area contributed by atoms with Crippen LogP contribution in [0.15, 0.2) is 17.1 Å². The van der Waals surface area contributed by atoms with Gasteiger partial charge in [-0.2, -0.15) is 4.98 Å². The molecule has 0 aromatic carbocycles. The van der Waals surface area contributed by atoms with Crippen LogP contribution in [0.25, 0.3) is 0 Å². The van der Waals surface area contributed by atoms with E-state index in [-0.39, 0.29) is 41.8 Å². The normalized spacial score (nSPS) is 24.1. The molecule has 0 saturated carbocycles. The molecule has 3 atom stereocenters. The van der Waals surface area contributed by atoms with Crippen molar-refractivity contribution in [3.8, 4) is 0 Å². The van der Waals surface area contributed by atoms with Crippen LogP contribution >= 0.6 is 15.6 Å². The second-order valence-corrected chi connectivity index (χ2v) is 7.26. The van der Waals surface area contributed by atoms with Crippen LogP contribution in [-0.2, 0) is 22.9 Å². The number of anilines is 1. The number of nitrogen functional groups attached to an aromatic ring is 1.